The average Bonchev–Trinajstić information content (AvgIpc) is 2.84. The van der Waals surface area contributed by atoms with Crippen LogP contribution in [-0.4, -0.2) is 27.3 Å². The molecule has 112 valence electrons. The van der Waals surface area contributed by atoms with E-state index < -0.39 is 0 Å². The van der Waals surface area contributed by atoms with Crippen LogP contribution in [0.25, 0.3) is 0 Å². The standard InChI is InChI=1S/C12H11Cl3N4O2/c1-19-6-17-18-11(19)4-16-12(20)5-21-10-3-8(14)7(13)2-9(10)15/h2-3,6H,4-5H2,1H3,(H,16,20). The summed E-state index contributed by atoms with van der Waals surface area (Å²) < 4.78 is 7.01. The summed E-state index contributed by atoms with van der Waals surface area (Å²) in [7, 11) is 1.79. The predicted octanol–water partition coefficient (Wildman–Crippen LogP) is 2.47. The second-order valence-corrected chi connectivity index (χ2v) is 5.34. The summed E-state index contributed by atoms with van der Waals surface area (Å²) in [4.78, 5) is 11.7. The molecule has 6 nitrogen and oxygen atoms in total. The molecular weight excluding hydrogens is 339 g/mol. The van der Waals surface area contributed by atoms with E-state index in [1.54, 1.807) is 17.9 Å². The fraction of sp³-hybridized carbons (Fsp3) is 0.250. The van der Waals surface area contributed by atoms with Gasteiger partial charge in [-0.25, -0.2) is 0 Å². The van der Waals surface area contributed by atoms with E-state index >= 15 is 0 Å². The van der Waals surface area contributed by atoms with E-state index in [1.807, 2.05) is 0 Å². The molecule has 9 heteroatoms. The summed E-state index contributed by atoms with van der Waals surface area (Å²) >= 11 is 17.6. The Hall–Kier alpha value is -1.50. The summed E-state index contributed by atoms with van der Waals surface area (Å²) in [5.74, 6) is 0.607. The van der Waals surface area contributed by atoms with Gasteiger partial charge in [-0.2, -0.15) is 0 Å². The van der Waals surface area contributed by atoms with Crippen molar-refractivity contribution in [3.63, 3.8) is 0 Å². The van der Waals surface area contributed by atoms with Crippen molar-refractivity contribution in [3.05, 3.63) is 39.4 Å². The maximum atomic E-state index is 11.7. The number of nitrogens with one attached hydrogen (secondary N) is 1. The third-order valence-electron chi connectivity index (χ3n) is 2.58. The fourth-order valence-electron chi connectivity index (χ4n) is 1.45. The Kier molecular flexibility index (Phi) is 5.27. The van der Waals surface area contributed by atoms with Gasteiger partial charge >= 0.3 is 0 Å². The lowest BCUT2D eigenvalue weighted by Gasteiger charge is -2.09. The van der Waals surface area contributed by atoms with Crippen molar-refractivity contribution in [2.75, 3.05) is 6.61 Å². The normalized spacial score (nSPS) is 10.5. The van der Waals surface area contributed by atoms with Crippen molar-refractivity contribution in [1.82, 2.24) is 20.1 Å². The van der Waals surface area contributed by atoms with Gasteiger partial charge in [0, 0.05) is 13.1 Å². The Balaban J connectivity index is 1.87. The van der Waals surface area contributed by atoms with E-state index in [0.29, 0.717) is 21.6 Å². The minimum Gasteiger partial charge on any atom is -0.482 e. The SMILES string of the molecule is Cn1cnnc1CNC(=O)COc1cc(Cl)c(Cl)cc1Cl. The van der Waals surface area contributed by atoms with Crippen LogP contribution in [0.3, 0.4) is 0 Å². The number of nitrogens with zero attached hydrogens (tertiary/aromatic N) is 3. The lowest BCUT2D eigenvalue weighted by atomic mass is 10.3. The van der Waals surface area contributed by atoms with E-state index in [2.05, 4.69) is 15.5 Å². The number of amides is 1. The van der Waals surface area contributed by atoms with E-state index in [0.717, 1.165) is 0 Å². The Morgan fingerprint density at radius 2 is 2.00 bits per heavy atom. The second-order valence-electron chi connectivity index (χ2n) is 4.12. The molecule has 0 atom stereocenters. The van der Waals surface area contributed by atoms with Crippen molar-refractivity contribution >= 4 is 40.7 Å². The van der Waals surface area contributed by atoms with E-state index in [9.17, 15) is 4.79 Å². The van der Waals surface area contributed by atoms with Crippen molar-refractivity contribution in [2.24, 2.45) is 7.05 Å². The minimum absolute atomic E-state index is 0.199. The van der Waals surface area contributed by atoms with Gasteiger partial charge in [-0.3, -0.25) is 4.79 Å². The Morgan fingerprint density at radius 3 is 2.67 bits per heavy atom. The first kappa shape index (κ1) is 15.9. The van der Waals surface area contributed by atoms with Crippen LogP contribution in [0.4, 0.5) is 0 Å². The molecule has 1 amide bonds. The molecule has 0 spiro atoms. The maximum Gasteiger partial charge on any atom is 0.258 e. The molecule has 0 saturated heterocycles. The molecule has 2 rings (SSSR count). The highest BCUT2D eigenvalue weighted by molar-refractivity contribution is 6.43. The van der Waals surface area contributed by atoms with E-state index in [-0.39, 0.29) is 24.1 Å². The van der Waals surface area contributed by atoms with Gasteiger partial charge in [-0.15, -0.1) is 10.2 Å². The fourth-order valence-corrected chi connectivity index (χ4v) is 2.05. The zero-order valence-electron chi connectivity index (χ0n) is 10.9. The van der Waals surface area contributed by atoms with Crippen LogP contribution in [0.15, 0.2) is 18.5 Å². The largest absolute Gasteiger partial charge is 0.482 e. The van der Waals surface area contributed by atoms with Gasteiger partial charge in [0.05, 0.1) is 21.6 Å². The van der Waals surface area contributed by atoms with Gasteiger partial charge in [0.1, 0.15) is 12.1 Å². The van der Waals surface area contributed by atoms with Crippen LogP contribution < -0.4 is 10.1 Å². The molecule has 2 aromatic rings. The van der Waals surface area contributed by atoms with Crippen LogP contribution >= 0.6 is 34.8 Å². The molecule has 0 aliphatic heterocycles. The molecule has 0 saturated carbocycles. The van der Waals surface area contributed by atoms with Crippen molar-refractivity contribution in [1.29, 1.82) is 0 Å². The molecule has 0 unspecified atom stereocenters. The summed E-state index contributed by atoms with van der Waals surface area (Å²) in [5.41, 5.74) is 0. The average molecular weight is 350 g/mol. The summed E-state index contributed by atoms with van der Waals surface area (Å²) in [6.45, 7) is 0.0589. The molecular formula is C12H11Cl3N4O2. The highest BCUT2D eigenvalue weighted by atomic mass is 35.5. The smallest absolute Gasteiger partial charge is 0.258 e. The van der Waals surface area contributed by atoms with Crippen LogP contribution in [0.5, 0.6) is 5.75 Å². The number of carbonyl (C=O) groups is 1. The topological polar surface area (TPSA) is 69.0 Å². The molecule has 0 radical (unpaired) electrons. The zero-order valence-corrected chi connectivity index (χ0v) is 13.2. The molecule has 1 heterocycles. The number of benzene rings is 1. The molecule has 21 heavy (non-hydrogen) atoms. The quantitative estimate of drug-likeness (QED) is 0.842. The zero-order chi connectivity index (χ0) is 15.4. The van der Waals surface area contributed by atoms with Gasteiger partial charge in [0.15, 0.2) is 12.4 Å². The predicted molar refractivity (Wildman–Crippen MR) is 79.8 cm³/mol. The molecule has 0 aliphatic carbocycles. The molecule has 0 aliphatic rings. The molecule has 1 N–H and O–H groups in total. The Morgan fingerprint density at radius 1 is 1.29 bits per heavy atom. The maximum absolute atomic E-state index is 11.7. The number of rotatable bonds is 5. The summed E-state index contributed by atoms with van der Waals surface area (Å²) in [6, 6.07) is 2.92. The third-order valence-corrected chi connectivity index (χ3v) is 3.60. The van der Waals surface area contributed by atoms with E-state index in [4.69, 9.17) is 39.5 Å². The molecule has 1 aromatic carbocycles. The first-order valence-corrected chi connectivity index (χ1v) is 6.97. The highest BCUT2D eigenvalue weighted by Gasteiger charge is 2.10. The number of aromatic nitrogens is 3. The highest BCUT2D eigenvalue weighted by Crippen LogP contribution is 2.33. The minimum atomic E-state index is -0.319. The number of hydrogen-bond donors (Lipinski definition) is 1. The third kappa shape index (κ3) is 4.23. The van der Waals surface area contributed by atoms with Crippen molar-refractivity contribution in [3.8, 4) is 5.75 Å². The van der Waals surface area contributed by atoms with Crippen LogP contribution in [0.2, 0.25) is 15.1 Å². The van der Waals surface area contributed by atoms with Gasteiger partial charge in [-0.1, -0.05) is 34.8 Å². The number of hydrogen-bond acceptors (Lipinski definition) is 4. The van der Waals surface area contributed by atoms with E-state index in [1.165, 1.54) is 12.1 Å². The summed E-state index contributed by atoms with van der Waals surface area (Å²) in [5, 5.41) is 11.1. The first-order valence-electron chi connectivity index (χ1n) is 5.84. The van der Waals surface area contributed by atoms with Crippen LogP contribution in [0, 0.1) is 0 Å². The summed E-state index contributed by atoms with van der Waals surface area (Å²) in [6.07, 6.45) is 1.55. The number of carbonyl (C=O) groups excluding carboxylic acids is 1. The van der Waals surface area contributed by atoms with Crippen molar-refractivity contribution in [2.45, 2.75) is 6.54 Å². The van der Waals surface area contributed by atoms with Crippen molar-refractivity contribution < 1.29 is 9.53 Å². The number of halogens is 3. The van der Waals surface area contributed by atoms with Gasteiger partial charge in [0.2, 0.25) is 0 Å². The Bertz CT molecular complexity index is 660. The molecule has 1 aromatic heterocycles. The molecule has 0 bridgehead atoms. The number of ether oxygens (including phenoxy) is 1. The first-order chi connectivity index (χ1) is 9.97. The lowest BCUT2D eigenvalue weighted by molar-refractivity contribution is -0.123. The molecule has 0 fully saturated rings. The van der Waals surface area contributed by atoms with Gasteiger partial charge < -0.3 is 14.6 Å². The monoisotopic (exact) mass is 348 g/mol. The Labute approximate surface area is 136 Å². The van der Waals surface area contributed by atoms with Crippen LogP contribution in [-0.2, 0) is 18.4 Å². The van der Waals surface area contributed by atoms with Gasteiger partial charge in [0.25, 0.3) is 5.91 Å². The lowest BCUT2D eigenvalue weighted by Crippen LogP contribution is -2.29. The van der Waals surface area contributed by atoms with Crippen LogP contribution in [0.1, 0.15) is 5.82 Å². The van der Waals surface area contributed by atoms with Gasteiger partial charge in [-0.05, 0) is 6.07 Å². The number of aryl methyl sites for hydroxylation is 1. The second kappa shape index (κ2) is 6.98.